The van der Waals surface area contributed by atoms with E-state index in [1.165, 1.54) is 12.2 Å². The van der Waals surface area contributed by atoms with Crippen molar-refractivity contribution in [3.63, 3.8) is 0 Å². The first kappa shape index (κ1) is 13.9. The first-order chi connectivity index (χ1) is 6.85. The van der Waals surface area contributed by atoms with E-state index in [1.54, 1.807) is 0 Å². The molecule has 15 heavy (non-hydrogen) atoms. The van der Waals surface area contributed by atoms with Gasteiger partial charge in [-0.25, -0.2) is 4.57 Å². The molecule has 5 N–H and O–H groups in total. The highest BCUT2D eigenvalue weighted by molar-refractivity contribution is 7.46. The highest BCUT2D eigenvalue weighted by Crippen LogP contribution is 2.34. The van der Waals surface area contributed by atoms with Crippen molar-refractivity contribution in [3.05, 3.63) is 12.2 Å². The molecule has 9 heteroatoms. The average Bonchev–Trinajstić information content (AvgIpc) is 2.46. The van der Waals surface area contributed by atoms with Crippen LogP contribution >= 0.6 is 7.82 Å². The summed E-state index contributed by atoms with van der Waals surface area (Å²) in [6.07, 6.45) is 2.39. The SMILES string of the molecule is NCCOP(=O)(O)O.O=C1C=CC(=O)N1. The molecular formula is C6H11N2O6P. The fourth-order valence-corrected chi connectivity index (χ4v) is 0.871. The van der Waals surface area contributed by atoms with Crippen LogP contribution < -0.4 is 11.1 Å². The van der Waals surface area contributed by atoms with Crippen molar-refractivity contribution in [2.45, 2.75) is 0 Å². The van der Waals surface area contributed by atoms with E-state index in [0.717, 1.165) is 0 Å². The van der Waals surface area contributed by atoms with E-state index in [1.807, 2.05) is 5.32 Å². The lowest BCUT2D eigenvalue weighted by Gasteiger charge is -2.00. The lowest BCUT2D eigenvalue weighted by molar-refractivity contribution is -0.123. The van der Waals surface area contributed by atoms with Crippen LogP contribution in [0.15, 0.2) is 12.2 Å². The third-order valence-electron chi connectivity index (χ3n) is 1.01. The van der Waals surface area contributed by atoms with Gasteiger partial charge in [-0.15, -0.1) is 0 Å². The van der Waals surface area contributed by atoms with Crippen molar-refractivity contribution >= 4 is 19.6 Å². The molecule has 1 heterocycles. The molecule has 0 fully saturated rings. The molecule has 1 rings (SSSR count). The van der Waals surface area contributed by atoms with Gasteiger partial charge in [0.05, 0.1) is 6.61 Å². The summed E-state index contributed by atoms with van der Waals surface area (Å²) in [7, 11) is -4.26. The Bertz CT molecular complexity index is 293. The van der Waals surface area contributed by atoms with Crippen LogP contribution in [0.1, 0.15) is 0 Å². The zero-order valence-corrected chi connectivity index (χ0v) is 8.52. The van der Waals surface area contributed by atoms with Crippen molar-refractivity contribution in [2.24, 2.45) is 5.73 Å². The summed E-state index contributed by atoms with van der Waals surface area (Å²) in [5.41, 5.74) is 4.87. The Kier molecular flexibility index (Phi) is 5.99. The predicted octanol–water partition coefficient (Wildman–Crippen LogP) is -1.75. The molecule has 0 aromatic carbocycles. The van der Waals surface area contributed by atoms with Crippen molar-refractivity contribution in [1.29, 1.82) is 0 Å². The second kappa shape index (κ2) is 6.44. The van der Waals surface area contributed by atoms with Crippen molar-refractivity contribution < 1.29 is 28.5 Å². The molecule has 86 valence electrons. The fraction of sp³-hybridized carbons (Fsp3) is 0.333. The minimum atomic E-state index is -4.26. The molecular weight excluding hydrogens is 227 g/mol. The van der Waals surface area contributed by atoms with Gasteiger partial charge in [-0.05, 0) is 0 Å². The van der Waals surface area contributed by atoms with Gasteiger partial charge in [-0.1, -0.05) is 0 Å². The van der Waals surface area contributed by atoms with Gasteiger partial charge >= 0.3 is 7.82 Å². The largest absolute Gasteiger partial charge is 0.469 e. The number of nitrogens with one attached hydrogen (secondary N) is 1. The quantitative estimate of drug-likeness (QED) is 0.337. The molecule has 0 spiro atoms. The van der Waals surface area contributed by atoms with Crippen LogP contribution in [-0.4, -0.2) is 34.8 Å². The van der Waals surface area contributed by atoms with Crippen LogP contribution in [0.4, 0.5) is 0 Å². The number of carbonyl (C=O) groups excluding carboxylic acids is 2. The number of hydrogen-bond donors (Lipinski definition) is 4. The number of phosphoric acid groups is 1. The first-order valence-corrected chi connectivity index (χ1v) is 5.31. The molecule has 0 saturated heterocycles. The van der Waals surface area contributed by atoms with E-state index < -0.39 is 7.82 Å². The summed E-state index contributed by atoms with van der Waals surface area (Å²) >= 11 is 0. The Labute approximate surface area is 85.3 Å². The fourth-order valence-electron chi connectivity index (χ4n) is 0.528. The van der Waals surface area contributed by atoms with Crippen molar-refractivity contribution in [2.75, 3.05) is 13.2 Å². The minimum Gasteiger partial charge on any atom is -0.328 e. The van der Waals surface area contributed by atoms with Gasteiger partial charge in [0.1, 0.15) is 0 Å². The second-order valence-electron chi connectivity index (χ2n) is 2.30. The minimum absolute atomic E-state index is 0.107. The van der Waals surface area contributed by atoms with Gasteiger partial charge in [0.15, 0.2) is 0 Å². The molecule has 1 aliphatic heterocycles. The van der Waals surface area contributed by atoms with E-state index in [4.69, 9.17) is 15.5 Å². The molecule has 1 aliphatic rings. The van der Waals surface area contributed by atoms with Crippen molar-refractivity contribution in [1.82, 2.24) is 5.32 Å². The van der Waals surface area contributed by atoms with Gasteiger partial charge in [0.25, 0.3) is 11.8 Å². The number of nitrogens with two attached hydrogens (primary N) is 1. The third kappa shape index (κ3) is 9.26. The van der Waals surface area contributed by atoms with Gasteiger partial charge in [0, 0.05) is 18.7 Å². The molecule has 2 amide bonds. The van der Waals surface area contributed by atoms with E-state index in [2.05, 4.69) is 4.52 Å². The summed E-state index contributed by atoms with van der Waals surface area (Å²) in [4.78, 5) is 36.0. The van der Waals surface area contributed by atoms with Crippen LogP contribution in [0, 0.1) is 0 Å². The summed E-state index contributed by atoms with van der Waals surface area (Å²) in [5.74, 6) is -0.657. The smallest absolute Gasteiger partial charge is 0.328 e. The summed E-state index contributed by atoms with van der Waals surface area (Å²) in [6.45, 7) is 0.00931. The van der Waals surface area contributed by atoms with Gasteiger partial charge in [-0.2, -0.15) is 0 Å². The van der Waals surface area contributed by atoms with E-state index >= 15 is 0 Å². The lowest BCUT2D eigenvalue weighted by Crippen LogP contribution is -2.19. The molecule has 0 aromatic rings. The maximum Gasteiger partial charge on any atom is 0.469 e. The predicted molar refractivity (Wildman–Crippen MR) is 49.3 cm³/mol. The number of amides is 2. The molecule has 0 saturated carbocycles. The van der Waals surface area contributed by atoms with Gasteiger partial charge in [0.2, 0.25) is 0 Å². The monoisotopic (exact) mass is 238 g/mol. The number of rotatable bonds is 3. The Morgan fingerprint density at radius 2 is 1.80 bits per heavy atom. The van der Waals surface area contributed by atoms with Crippen LogP contribution in [0.2, 0.25) is 0 Å². The number of imide groups is 1. The lowest BCUT2D eigenvalue weighted by atomic mass is 10.6. The van der Waals surface area contributed by atoms with Crippen LogP contribution in [0.5, 0.6) is 0 Å². The van der Waals surface area contributed by atoms with Gasteiger partial charge < -0.3 is 15.5 Å². The molecule has 0 bridgehead atoms. The topological polar surface area (TPSA) is 139 Å². The first-order valence-electron chi connectivity index (χ1n) is 3.78. The van der Waals surface area contributed by atoms with Crippen molar-refractivity contribution in [3.8, 4) is 0 Å². The maximum absolute atomic E-state index is 10.0. The standard InChI is InChI=1S/C4H3NO2.C2H8NO4P/c6-3-1-2-4(7)5-3;3-1-2-7-8(4,5)6/h1-2H,(H,5,6,7);1-3H2,(H2,4,5,6). The third-order valence-corrected chi connectivity index (χ3v) is 1.53. The van der Waals surface area contributed by atoms with Crippen LogP contribution in [0.3, 0.4) is 0 Å². The highest BCUT2D eigenvalue weighted by atomic mass is 31.2. The molecule has 0 unspecified atom stereocenters. The Hall–Kier alpha value is -1.05. The second-order valence-corrected chi connectivity index (χ2v) is 3.54. The Morgan fingerprint density at radius 3 is 1.93 bits per heavy atom. The molecule has 0 atom stereocenters. The maximum atomic E-state index is 10.0. The molecule has 8 nitrogen and oxygen atoms in total. The van der Waals surface area contributed by atoms with E-state index in [-0.39, 0.29) is 25.0 Å². The highest BCUT2D eigenvalue weighted by Gasteiger charge is 2.11. The number of hydrogen-bond acceptors (Lipinski definition) is 5. The number of carbonyl (C=O) groups is 2. The normalized spacial score (nSPS) is 14.6. The molecule has 0 radical (unpaired) electrons. The van der Waals surface area contributed by atoms with E-state index in [0.29, 0.717) is 0 Å². The summed E-state index contributed by atoms with van der Waals surface area (Å²) in [5, 5.41) is 2.03. The summed E-state index contributed by atoms with van der Waals surface area (Å²) in [6, 6.07) is 0. The Balaban J connectivity index is 0.000000262. The summed E-state index contributed by atoms with van der Waals surface area (Å²) < 4.78 is 13.7. The zero-order chi connectivity index (χ0) is 11.9. The Morgan fingerprint density at radius 1 is 1.33 bits per heavy atom. The van der Waals surface area contributed by atoms with Crippen LogP contribution in [0.25, 0.3) is 0 Å². The molecule has 0 aromatic heterocycles. The van der Waals surface area contributed by atoms with E-state index in [9.17, 15) is 14.2 Å². The zero-order valence-electron chi connectivity index (χ0n) is 7.62. The van der Waals surface area contributed by atoms with Gasteiger partial charge in [-0.3, -0.25) is 19.4 Å². The molecule has 0 aliphatic carbocycles. The van der Waals surface area contributed by atoms with Crippen LogP contribution in [-0.2, 0) is 18.7 Å². The average molecular weight is 238 g/mol. The number of phosphoric ester groups is 1.